The third-order valence-corrected chi connectivity index (χ3v) is 4.76. The van der Waals surface area contributed by atoms with Crippen molar-refractivity contribution in [1.29, 1.82) is 0 Å². The van der Waals surface area contributed by atoms with Gasteiger partial charge in [0.25, 0.3) is 0 Å². The quantitative estimate of drug-likeness (QED) is 0.294. The average molecular weight is 341 g/mol. The Hall–Kier alpha value is -3.20. The first-order valence-electron chi connectivity index (χ1n) is 8.66. The van der Waals surface area contributed by atoms with Crippen LogP contribution < -0.4 is 0 Å². The first-order valence-corrected chi connectivity index (χ1v) is 8.66. The van der Waals surface area contributed by atoms with Crippen LogP contribution in [0.5, 0.6) is 0 Å². The van der Waals surface area contributed by atoms with Gasteiger partial charge in [-0.3, -0.25) is 0 Å². The van der Waals surface area contributed by atoms with E-state index in [9.17, 15) is 4.79 Å². The van der Waals surface area contributed by atoms with E-state index in [4.69, 9.17) is 4.84 Å². The Bertz CT molecular complexity index is 1020. The predicted molar refractivity (Wildman–Crippen MR) is 103 cm³/mol. The minimum absolute atomic E-state index is 0.446. The summed E-state index contributed by atoms with van der Waals surface area (Å²) in [6.45, 7) is 3.83. The predicted octanol–water partition coefficient (Wildman–Crippen LogP) is 5.15. The standard InChI is InChI=1S/C23H19NO2/c1-15-7-9-17(10-8-15)23(25)26-24-16(2)18-11-12-22-20(13-18)14-19-5-3-4-6-21(19)22/h3-13H,14H2,1-2H3/b24-16+. The zero-order valence-corrected chi connectivity index (χ0v) is 14.8. The summed E-state index contributed by atoms with van der Waals surface area (Å²) < 4.78 is 0. The molecule has 128 valence electrons. The van der Waals surface area contributed by atoms with Gasteiger partial charge in [-0.2, -0.15) is 0 Å². The number of aryl methyl sites for hydroxylation is 1. The first kappa shape index (κ1) is 16.3. The molecule has 0 bridgehead atoms. The summed E-state index contributed by atoms with van der Waals surface area (Å²) in [5.41, 5.74) is 8.45. The summed E-state index contributed by atoms with van der Waals surface area (Å²) >= 11 is 0. The molecule has 0 saturated carbocycles. The number of rotatable bonds is 3. The number of hydrogen-bond donors (Lipinski definition) is 0. The fourth-order valence-electron chi connectivity index (χ4n) is 3.28. The van der Waals surface area contributed by atoms with Gasteiger partial charge in [-0.1, -0.05) is 59.3 Å². The third-order valence-electron chi connectivity index (χ3n) is 4.76. The van der Waals surface area contributed by atoms with Crippen LogP contribution in [-0.4, -0.2) is 11.7 Å². The van der Waals surface area contributed by atoms with Crippen molar-refractivity contribution in [3.8, 4) is 11.1 Å². The lowest BCUT2D eigenvalue weighted by atomic mass is 10.0. The molecule has 26 heavy (non-hydrogen) atoms. The van der Waals surface area contributed by atoms with Crippen molar-refractivity contribution >= 4 is 11.7 Å². The molecule has 0 aromatic heterocycles. The summed E-state index contributed by atoms with van der Waals surface area (Å²) in [6, 6.07) is 22.0. The molecule has 0 aliphatic heterocycles. The maximum Gasteiger partial charge on any atom is 0.365 e. The van der Waals surface area contributed by atoms with Gasteiger partial charge in [0.1, 0.15) is 0 Å². The van der Waals surface area contributed by atoms with Gasteiger partial charge in [-0.05, 0) is 66.3 Å². The fraction of sp³-hybridized carbons (Fsp3) is 0.130. The van der Waals surface area contributed by atoms with Crippen LogP contribution in [0.1, 0.15) is 39.5 Å². The second-order valence-electron chi connectivity index (χ2n) is 6.63. The number of hydrogen-bond acceptors (Lipinski definition) is 3. The van der Waals surface area contributed by atoms with Gasteiger partial charge >= 0.3 is 5.97 Å². The monoisotopic (exact) mass is 341 g/mol. The summed E-state index contributed by atoms with van der Waals surface area (Å²) in [5.74, 6) is -0.446. The molecule has 0 heterocycles. The number of carbonyl (C=O) groups excluding carboxylic acids is 1. The Morgan fingerprint density at radius 2 is 1.58 bits per heavy atom. The van der Waals surface area contributed by atoms with Crippen LogP contribution in [0.2, 0.25) is 0 Å². The second-order valence-corrected chi connectivity index (χ2v) is 6.63. The number of nitrogens with zero attached hydrogens (tertiary/aromatic N) is 1. The fourth-order valence-corrected chi connectivity index (χ4v) is 3.28. The van der Waals surface area contributed by atoms with E-state index >= 15 is 0 Å². The Balaban J connectivity index is 1.53. The minimum atomic E-state index is -0.446. The van der Waals surface area contributed by atoms with Crippen molar-refractivity contribution in [2.75, 3.05) is 0 Å². The lowest BCUT2D eigenvalue weighted by Gasteiger charge is -2.05. The SMILES string of the molecule is C/C(=N\OC(=O)c1ccc(C)cc1)c1ccc2c(c1)Cc1ccccc1-2. The smallest absolute Gasteiger partial charge is 0.313 e. The lowest BCUT2D eigenvalue weighted by molar-refractivity contribution is 0.0516. The van der Waals surface area contributed by atoms with Crippen LogP contribution in [0, 0.1) is 6.92 Å². The Kier molecular flexibility index (Phi) is 4.13. The summed E-state index contributed by atoms with van der Waals surface area (Å²) in [5, 5.41) is 4.03. The molecule has 1 aliphatic rings. The van der Waals surface area contributed by atoms with E-state index in [1.807, 2.05) is 32.0 Å². The highest BCUT2D eigenvalue weighted by atomic mass is 16.7. The van der Waals surface area contributed by atoms with E-state index in [-0.39, 0.29) is 0 Å². The molecule has 3 nitrogen and oxygen atoms in total. The van der Waals surface area contributed by atoms with Gasteiger partial charge in [-0.15, -0.1) is 0 Å². The van der Waals surface area contributed by atoms with E-state index in [2.05, 4.69) is 41.6 Å². The van der Waals surface area contributed by atoms with Crippen molar-refractivity contribution in [2.45, 2.75) is 20.3 Å². The molecular formula is C23H19NO2. The summed E-state index contributed by atoms with van der Waals surface area (Å²) in [7, 11) is 0. The van der Waals surface area contributed by atoms with Crippen molar-refractivity contribution in [2.24, 2.45) is 5.16 Å². The maximum absolute atomic E-state index is 12.1. The second kappa shape index (κ2) is 6.60. The van der Waals surface area contributed by atoms with Crippen molar-refractivity contribution in [1.82, 2.24) is 0 Å². The number of fused-ring (bicyclic) bond motifs is 3. The molecule has 1 aliphatic carbocycles. The van der Waals surface area contributed by atoms with Gasteiger partial charge in [0, 0.05) is 0 Å². The molecular weight excluding hydrogens is 322 g/mol. The maximum atomic E-state index is 12.1. The summed E-state index contributed by atoms with van der Waals surface area (Å²) in [6.07, 6.45) is 0.926. The Morgan fingerprint density at radius 3 is 2.38 bits per heavy atom. The number of carbonyl (C=O) groups is 1. The van der Waals surface area contributed by atoms with E-state index in [1.54, 1.807) is 12.1 Å². The van der Waals surface area contributed by atoms with Crippen LogP contribution in [0.15, 0.2) is 71.9 Å². The Morgan fingerprint density at radius 1 is 0.885 bits per heavy atom. The average Bonchev–Trinajstić information content (AvgIpc) is 3.04. The molecule has 3 aromatic rings. The van der Waals surface area contributed by atoms with Gasteiger partial charge in [0.05, 0.1) is 11.3 Å². The van der Waals surface area contributed by atoms with Crippen molar-refractivity contribution in [3.05, 3.63) is 94.5 Å². The lowest BCUT2D eigenvalue weighted by Crippen LogP contribution is -2.04. The summed E-state index contributed by atoms with van der Waals surface area (Å²) in [4.78, 5) is 17.2. The molecule has 3 heteroatoms. The highest BCUT2D eigenvalue weighted by Gasteiger charge is 2.18. The topological polar surface area (TPSA) is 38.7 Å². The molecule has 0 fully saturated rings. The molecule has 0 spiro atoms. The molecule has 0 radical (unpaired) electrons. The highest BCUT2D eigenvalue weighted by Crippen LogP contribution is 2.36. The Labute approximate surface area is 152 Å². The number of oxime groups is 1. The molecule has 0 atom stereocenters. The van der Waals surface area contributed by atoms with Crippen LogP contribution in [0.4, 0.5) is 0 Å². The van der Waals surface area contributed by atoms with Crippen molar-refractivity contribution in [3.63, 3.8) is 0 Å². The third kappa shape index (κ3) is 3.04. The first-order chi connectivity index (χ1) is 12.6. The van der Waals surface area contributed by atoms with E-state index in [0.717, 1.165) is 17.5 Å². The van der Waals surface area contributed by atoms with Gasteiger partial charge in [0.15, 0.2) is 0 Å². The zero-order chi connectivity index (χ0) is 18.1. The molecule has 4 rings (SSSR count). The largest absolute Gasteiger partial charge is 0.365 e. The van der Waals surface area contributed by atoms with Gasteiger partial charge in [-0.25, -0.2) is 4.79 Å². The molecule has 0 unspecified atom stereocenters. The molecule has 0 saturated heterocycles. The van der Waals surface area contributed by atoms with Crippen LogP contribution >= 0.6 is 0 Å². The normalized spacial score (nSPS) is 12.5. The van der Waals surface area contributed by atoms with Gasteiger partial charge < -0.3 is 4.84 Å². The highest BCUT2D eigenvalue weighted by molar-refractivity contribution is 6.00. The van der Waals surface area contributed by atoms with Crippen molar-refractivity contribution < 1.29 is 9.63 Å². The molecule has 0 N–H and O–H groups in total. The van der Waals surface area contributed by atoms with E-state index < -0.39 is 5.97 Å². The zero-order valence-electron chi connectivity index (χ0n) is 14.8. The minimum Gasteiger partial charge on any atom is -0.313 e. The van der Waals surface area contributed by atoms with Crippen LogP contribution in [-0.2, 0) is 11.3 Å². The molecule has 3 aromatic carbocycles. The molecule has 0 amide bonds. The van der Waals surface area contributed by atoms with E-state index in [0.29, 0.717) is 11.3 Å². The number of benzene rings is 3. The van der Waals surface area contributed by atoms with Crippen LogP contribution in [0.25, 0.3) is 11.1 Å². The van der Waals surface area contributed by atoms with Crippen LogP contribution in [0.3, 0.4) is 0 Å². The van der Waals surface area contributed by atoms with Gasteiger partial charge in [0.2, 0.25) is 0 Å². The van der Waals surface area contributed by atoms with E-state index in [1.165, 1.54) is 22.3 Å².